The largest absolute Gasteiger partial charge is 0.657 e. The van der Waals surface area contributed by atoms with Crippen molar-refractivity contribution in [1.29, 1.82) is 0 Å². The van der Waals surface area contributed by atoms with Gasteiger partial charge in [-0.1, -0.05) is 146 Å². The first kappa shape index (κ1) is 80.7. The van der Waals surface area contributed by atoms with E-state index < -0.39 is 0 Å². The van der Waals surface area contributed by atoms with E-state index in [9.17, 15) is 5.11 Å². The zero-order chi connectivity index (χ0) is 72.1. The first-order chi connectivity index (χ1) is 52.3. The van der Waals surface area contributed by atoms with E-state index in [1.165, 1.54) is 0 Å². The minimum atomic E-state index is 0. The summed E-state index contributed by atoms with van der Waals surface area (Å²) in [4.78, 5) is 56.3. The molecule has 17 rings (SSSR count). The fourth-order valence-electron chi connectivity index (χ4n) is 11.3. The van der Waals surface area contributed by atoms with E-state index in [-0.39, 0.29) is 71.7 Å². The molecule has 0 amide bonds. The van der Waals surface area contributed by atoms with Gasteiger partial charge in [0.1, 0.15) is 5.75 Å². The number of para-hydroxylation sites is 3. The monoisotopic (exact) mass is 1680 g/mol. The molecule has 1 radical (unpaired) electrons. The molecule has 14 nitrogen and oxygen atoms in total. The predicted octanol–water partition coefficient (Wildman–Crippen LogP) is 20.2. The Bertz CT molecular complexity index is 5400. The third-order valence-electron chi connectivity index (χ3n) is 16.4. The van der Waals surface area contributed by atoms with Crippen molar-refractivity contribution in [1.82, 2.24) is 59.8 Å². The molecule has 0 aliphatic carbocycles. The molecule has 0 saturated carbocycles. The number of hydrogen-bond acceptors (Lipinski definition) is 14. The molecule has 17 aromatic rings. The summed E-state index contributed by atoms with van der Waals surface area (Å²) in [7, 11) is 0. The van der Waals surface area contributed by atoms with Crippen LogP contribution in [0.5, 0.6) is 5.75 Å². The molecule has 0 aliphatic rings. The second kappa shape index (κ2) is 40.4. The number of rotatable bonds is 14. The summed E-state index contributed by atoms with van der Waals surface area (Å²) in [5, 5.41) is 14.9. The number of hydrogen-bond donors (Lipinski definition) is 1. The van der Waals surface area contributed by atoms with E-state index >= 15 is 0 Å². The van der Waals surface area contributed by atoms with E-state index in [0.29, 0.717) is 11.3 Å². The van der Waals surface area contributed by atoms with Crippen molar-refractivity contribution in [3.05, 3.63) is 376 Å². The molecule has 5 aromatic carbocycles. The summed E-state index contributed by atoms with van der Waals surface area (Å²) in [6, 6.07) is 111. The first-order valence-electron chi connectivity index (χ1n) is 33.9. The minimum absolute atomic E-state index is 0. The van der Waals surface area contributed by atoms with Gasteiger partial charge in [0, 0.05) is 90.1 Å². The number of phenolic OH excluding ortho intramolecular Hbond substituents is 1. The Kier molecular flexibility index (Phi) is 29.7. The van der Waals surface area contributed by atoms with Crippen LogP contribution >= 0.6 is 0 Å². The normalized spacial score (nSPS) is 10.2. The summed E-state index contributed by atoms with van der Waals surface area (Å²) in [6.07, 6.45) is 7.07. The quantitative estimate of drug-likeness (QED) is 0.0799. The summed E-state index contributed by atoms with van der Waals surface area (Å²) in [5.74, 6) is 0.211. The topological polar surface area (TPSA) is 189 Å². The SMILES string of the molecule is Oc1ccccc1-c1cccc(-c2cccc(-c3ccccn3)n2)n1.[Ni].[Ni].[Ni].[Ni].[S-]c1ccccc1-c1cccc(-c2cccc(-c3ccccn3)n2)n1.[Se]c1ccccc1-c1cccc(-c2cccc(-c3ccccn3)n2)n1.c1ccc([N-]c2ccccc2-c2cccc(-c3cccc(-c4ccccn4)n3)n2)cc1. The molecule has 0 unspecified atom stereocenters. The van der Waals surface area contributed by atoms with Crippen molar-refractivity contribution in [2.75, 3.05) is 0 Å². The van der Waals surface area contributed by atoms with E-state index in [4.69, 9.17) is 47.8 Å². The maximum Gasteiger partial charge on any atom is 0.0894 e. The van der Waals surface area contributed by atoms with Gasteiger partial charge in [-0.3, -0.25) is 15.0 Å². The third kappa shape index (κ3) is 20.9. The van der Waals surface area contributed by atoms with Gasteiger partial charge in [0.25, 0.3) is 0 Å². The Labute approximate surface area is 692 Å². The van der Waals surface area contributed by atoms with E-state index in [0.717, 1.165) is 146 Å². The summed E-state index contributed by atoms with van der Waals surface area (Å²) in [6.45, 7) is 0. The van der Waals surface area contributed by atoms with Gasteiger partial charge >= 0.3 is 155 Å². The maximum absolute atomic E-state index is 10.1. The third-order valence-corrected chi connectivity index (χ3v) is 17.5. The van der Waals surface area contributed by atoms with Crippen molar-refractivity contribution in [3.63, 3.8) is 0 Å². The van der Waals surface area contributed by atoms with Gasteiger partial charge in [0.15, 0.2) is 0 Å². The Hall–Kier alpha value is -11.8. The van der Waals surface area contributed by atoms with E-state index in [2.05, 4.69) is 52.0 Å². The van der Waals surface area contributed by atoms with Crippen LogP contribution < -0.4 is 4.46 Å². The summed E-state index contributed by atoms with van der Waals surface area (Å²) >= 11 is 8.51. The second-order valence-electron chi connectivity index (χ2n) is 23.6. The Morgan fingerprint density at radius 2 is 0.464 bits per heavy atom. The van der Waals surface area contributed by atoms with Gasteiger partial charge in [0.05, 0.1) is 85.4 Å². The van der Waals surface area contributed by atoms with Crippen molar-refractivity contribution in [3.8, 4) is 142 Å². The van der Waals surface area contributed by atoms with E-state index in [1.807, 2.05) is 328 Å². The Balaban J connectivity index is 0.000000155. The van der Waals surface area contributed by atoms with Crippen LogP contribution in [0.4, 0.5) is 11.4 Å². The average Bonchev–Trinajstić information content (AvgIpc) is 0.825. The summed E-state index contributed by atoms with van der Waals surface area (Å²) in [5.41, 5.74) is 22.0. The number of benzene rings is 5. The fraction of sp³-hybridized carbons (Fsp3) is 0. The second-order valence-corrected chi connectivity index (χ2v) is 25.0. The number of aromatic nitrogens is 12. The van der Waals surface area contributed by atoms with Gasteiger partial charge in [-0.05, 0) is 132 Å². The van der Waals surface area contributed by atoms with Gasteiger partial charge in [-0.15, -0.1) is 11.4 Å². The van der Waals surface area contributed by atoms with Gasteiger partial charge in [-0.2, -0.15) is 4.90 Å². The maximum atomic E-state index is 10.1. The van der Waals surface area contributed by atoms with E-state index in [1.54, 1.807) is 36.9 Å². The Morgan fingerprint density at radius 1 is 0.218 bits per heavy atom. The van der Waals surface area contributed by atoms with Crippen LogP contribution in [-0.4, -0.2) is 80.9 Å². The van der Waals surface area contributed by atoms with Gasteiger partial charge < -0.3 is 23.1 Å². The van der Waals surface area contributed by atoms with Gasteiger partial charge in [0.2, 0.25) is 0 Å². The number of aromatic hydroxyl groups is 1. The zero-order valence-electron chi connectivity index (χ0n) is 58.1. The zero-order valence-corrected chi connectivity index (χ0v) is 64.5. The minimum Gasteiger partial charge on any atom is -0.657 e. The fourth-order valence-corrected chi connectivity index (χ4v) is 12.1. The van der Waals surface area contributed by atoms with Crippen molar-refractivity contribution >= 4 is 44.5 Å². The molecular formula is C90H62N13Ni4OSSe-2. The number of phenols is 1. The van der Waals surface area contributed by atoms with Crippen LogP contribution in [0.15, 0.2) is 375 Å². The first-order valence-corrected chi connectivity index (χ1v) is 35.2. The van der Waals surface area contributed by atoms with Crippen LogP contribution in [-0.2, 0) is 78.6 Å². The number of nitrogens with zero attached hydrogens (tertiary/aromatic N) is 13. The predicted molar refractivity (Wildman–Crippen MR) is 426 cm³/mol. The van der Waals surface area contributed by atoms with Crippen molar-refractivity contribution in [2.45, 2.75) is 4.90 Å². The molecule has 0 saturated heterocycles. The standard InChI is InChI=1S/C27H19N4.C21H15N3O.C21H15N3S.C21H14N3Se.4Ni/c1-2-10-20(11-3-1)29-22-13-5-4-12-21(22)23-15-8-17-26(30-23)27-18-9-16-25(31-27)24-14-6-7-19-28-24;3*25-21-13-2-1-7-15(21)16-9-5-11-19(23-16)20-12-6-10-18(24-20)17-8-3-4-14-22-17;;;;/h1-19H;2*1-14,25H;1-14H;;;;/q-1;;;;;;;/p-1. The molecule has 0 spiro atoms. The van der Waals surface area contributed by atoms with Crippen LogP contribution in [0.1, 0.15) is 0 Å². The number of pyridine rings is 12. The van der Waals surface area contributed by atoms with Crippen molar-refractivity contribution < 1.29 is 71.1 Å². The average molecular weight is 1690 g/mol. The molecule has 0 bridgehead atoms. The van der Waals surface area contributed by atoms with Crippen molar-refractivity contribution in [2.24, 2.45) is 0 Å². The molecule has 0 atom stereocenters. The van der Waals surface area contributed by atoms with Crippen LogP contribution in [0.3, 0.4) is 0 Å². The molecule has 547 valence electrons. The van der Waals surface area contributed by atoms with Crippen LogP contribution in [0.25, 0.3) is 141 Å². The molecule has 12 aromatic heterocycles. The molecule has 1 N–H and O–H groups in total. The summed E-state index contributed by atoms with van der Waals surface area (Å²) < 4.78 is 1.09. The molecular weight excluding hydrogens is 1620 g/mol. The molecule has 110 heavy (non-hydrogen) atoms. The van der Waals surface area contributed by atoms with Crippen LogP contribution in [0.2, 0.25) is 0 Å². The smallest absolute Gasteiger partial charge is 0.0894 e. The molecule has 12 heterocycles. The van der Waals surface area contributed by atoms with Crippen LogP contribution in [0, 0.1) is 0 Å². The molecule has 20 heteroatoms. The van der Waals surface area contributed by atoms with Gasteiger partial charge in [-0.25, -0.2) is 29.9 Å². The molecule has 0 aliphatic heterocycles. The molecule has 0 fully saturated rings. The Morgan fingerprint density at radius 3 is 0.809 bits per heavy atom.